The van der Waals surface area contributed by atoms with Gasteiger partial charge in [0, 0.05) is 105 Å². The van der Waals surface area contributed by atoms with Gasteiger partial charge in [0.15, 0.2) is 0 Å². The Kier molecular flexibility index (Phi) is 16.9. The highest BCUT2D eigenvalue weighted by Gasteiger charge is 2.66. The van der Waals surface area contributed by atoms with E-state index in [2.05, 4.69) is 19.2 Å². The first-order chi connectivity index (χ1) is 32.8. The summed E-state index contributed by atoms with van der Waals surface area (Å²) in [5.41, 5.74) is -0.483. The monoisotopic (exact) mass is 979 g/mol. The van der Waals surface area contributed by atoms with Gasteiger partial charge in [-0.15, -0.1) is 0 Å². The highest BCUT2D eigenvalue weighted by molar-refractivity contribution is 6.10. The average Bonchev–Trinajstić information content (AvgIpc) is 3.95. The molecule has 1 N–H and O–H groups in total. The highest BCUT2D eigenvalue weighted by Crippen LogP contribution is 2.62. The van der Waals surface area contributed by atoms with E-state index in [-0.39, 0.29) is 64.2 Å². The van der Waals surface area contributed by atoms with Gasteiger partial charge in [0.2, 0.25) is 0 Å². The molecule has 5 aliphatic heterocycles. The Labute approximate surface area is 411 Å². The predicted molar refractivity (Wildman–Crippen MR) is 258 cm³/mol. The van der Waals surface area contributed by atoms with E-state index in [0.717, 1.165) is 0 Å². The molecule has 0 saturated carbocycles. The van der Waals surface area contributed by atoms with Crippen LogP contribution in [0.1, 0.15) is 126 Å². The zero-order valence-electron chi connectivity index (χ0n) is 43.8. The summed E-state index contributed by atoms with van der Waals surface area (Å²) in [6.45, 7) is 15.7. The Morgan fingerprint density at radius 3 is 1.60 bits per heavy atom. The van der Waals surface area contributed by atoms with Crippen LogP contribution in [0, 0.1) is 45.3 Å². The number of allylic oxidation sites excluding steroid dienone is 6. The van der Waals surface area contributed by atoms with E-state index in [4.69, 9.17) is 48.1 Å². The number of fused-ring (bicyclic) bond motifs is 6. The molecule has 9 atom stereocenters. The van der Waals surface area contributed by atoms with Crippen molar-refractivity contribution < 1.29 is 66.7 Å². The van der Waals surface area contributed by atoms with Gasteiger partial charge in [0.1, 0.15) is 0 Å². The van der Waals surface area contributed by atoms with Crippen LogP contribution in [0.3, 0.4) is 0 Å². The van der Waals surface area contributed by atoms with Crippen molar-refractivity contribution in [3.63, 3.8) is 0 Å². The van der Waals surface area contributed by atoms with Gasteiger partial charge < -0.3 is 38.5 Å². The fraction of sp³-hybridized carbons (Fsp3) is 0.692. The molecule has 0 aliphatic carbocycles. The van der Waals surface area contributed by atoms with Crippen molar-refractivity contribution in [3.05, 3.63) is 34.3 Å². The van der Waals surface area contributed by atoms with Crippen molar-refractivity contribution in [1.29, 1.82) is 0 Å². The summed E-state index contributed by atoms with van der Waals surface area (Å²) in [5, 5.41) is 3.73. The van der Waals surface area contributed by atoms with Crippen LogP contribution in [0.4, 0.5) is 0 Å². The average molecular weight is 979 g/mol. The first-order valence-corrected chi connectivity index (χ1v) is 24.0. The Hall–Kier alpha value is -5.68. The number of ether oxygens (including phenoxy) is 7. The molecule has 0 aromatic carbocycles. The third kappa shape index (κ3) is 9.97. The maximum atomic E-state index is 14.0. The van der Waals surface area contributed by atoms with Crippen LogP contribution in [-0.2, 0) is 66.7 Å². The molecular weight excluding hydrogens is 905 g/mol. The molecule has 0 aromatic rings. The third-order valence-corrected chi connectivity index (χ3v) is 16.8. The Morgan fingerprint density at radius 1 is 0.586 bits per heavy atom. The Morgan fingerprint density at radius 2 is 1.07 bits per heavy atom. The van der Waals surface area contributed by atoms with Crippen LogP contribution in [0.15, 0.2) is 49.3 Å². The number of nitrogens with one attached hydrogen (secondary N) is 1. The van der Waals surface area contributed by atoms with Crippen LogP contribution in [0.25, 0.3) is 0 Å². The van der Waals surface area contributed by atoms with Gasteiger partial charge in [0.05, 0.1) is 80.6 Å². The number of carbonyl (C=O) groups is 7. The normalized spacial score (nSPS) is 31.7. The van der Waals surface area contributed by atoms with Gasteiger partial charge in [-0.25, -0.2) is 0 Å². The van der Waals surface area contributed by atoms with Crippen molar-refractivity contribution in [2.45, 2.75) is 138 Å². The lowest BCUT2D eigenvalue weighted by Gasteiger charge is -2.48. The van der Waals surface area contributed by atoms with Gasteiger partial charge in [-0.2, -0.15) is 0 Å². The molecule has 0 aromatic heterocycles. The zero-order chi connectivity index (χ0) is 52.3. The van der Waals surface area contributed by atoms with E-state index in [0.29, 0.717) is 51.8 Å². The minimum atomic E-state index is -1.37. The second-order valence-electron chi connectivity index (χ2n) is 20.7. The fourth-order valence-corrected chi connectivity index (χ4v) is 12.3. The van der Waals surface area contributed by atoms with E-state index in [1.807, 2.05) is 47.6 Å². The molecule has 70 heavy (non-hydrogen) atoms. The third-order valence-electron chi connectivity index (χ3n) is 16.8. The van der Waals surface area contributed by atoms with E-state index < -0.39 is 98.7 Å². The summed E-state index contributed by atoms with van der Waals surface area (Å²) >= 11 is 0. The summed E-state index contributed by atoms with van der Waals surface area (Å²) in [7, 11) is 9.21. The summed E-state index contributed by atoms with van der Waals surface area (Å²) in [4.78, 5) is 111. The second-order valence-corrected chi connectivity index (χ2v) is 20.7. The Balaban J connectivity index is 2.05. The lowest BCUT2D eigenvalue weighted by molar-refractivity contribution is -0.147. The topological polar surface area (TPSA) is 233 Å². The molecule has 0 radical (unpaired) electrons. The molecular formula is C52H74N4O14. The van der Waals surface area contributed by atoms with Gasteiger partial charge in [0.25, 0.3) is 0 Å². The quantitative estimate of drug-likeness (QED) is 0.113. The lowest BCUT2D eigenvalue weighted by Crippen LogP contribution is -2.55. The number of hydrogen-bond donors (Lipinski definition) is 1. The molecule has 18 heteroatoms. The van der Waals surface area contributed by atoms with Gasteiger partial charge in [-0.3, -0.25) is 48.5 Å². The number of hydrogen-bond acceptors (Lipinski definition) is 18. The number of carbonyl (C=O) groups excluding carboxylic acids is 7. The molecule has 5 heterocycles. The zero-order valence-corrected chi connectivity index (χ0v) is 43.8. The lowest BCUT2D eigenvalue weighted by atomic mass is 9.55. The van der Waals surface area contributed by atoms with Crippen LogP contribution < -0.4 is 5.32 Å². The first kappa shape index (κ1) is 55.2. The predicted octanol–water partition coefficient (Wildman–Crippen LogP) is 6.54. The van der Waals surface area contributed by atoms with Crippen molar-refractivity contribution in [2.75, 3.05) is 49.8 Å². The molecule has 0 amide bonds. The largest absolute Gasteiger partial charge is 0.469 e. The van der Waals surface area contributed by atoms with Crippen LogP contribution in [0.5, 0.6) is 0 Å². The van der Waals surface area contributed by atoms with E-state index in [9.17, 15) is 33.6 Å². The maximum Gasteiger partial charge on any atom is 0.306 e. The SMILES string of the molecule is COC(=O)CC[C@@H]1C2=C(C)C3=NC([C@H](CC(=O)OC)[C@@]3(C)CCC(=O)OC)[C@]3(C)N=C(/C(C)=C4\NC(=CC(=N2)C1(C)C)[C@@H](CCC(=O)OC)[C@]4(C)CC(=O)OC)[C@@H](CCC(=O)OC)[C@]3(C)CC(=O)OC. The molecule has 5 rings (SSSR count). The van der Waals surface area contributed by atoms with Crippen LogP contribution in [-0.4, -0.2) is 120 Å². The number of rotatable bonds is 18. The fourth-order valence-electron chi connectivity index (χ4n) is 12.3. The maximum absolute atomic E-state index is 14.0. The second kappa shape index (κ2) is 21.4. The van der Waals surface area contributed by atoms with Crippen LogP contribution >= 0.6 is 0 Å². The first-order valence-electron chi connectivity index (χ1n) is 24.0. The molecule has 18 nitrogen and oxygen atoms in total. The molecule has 386 valence electrons. The van der Waals surface area contributed by atoms with Crippen molar-refractivity contribution in [1.82, 2.24) is 5.32 Å². The highest BCUT2D eigenvalue weighted by atomic mass is 16.5. The Bertz CT molecular complexity index is 2340. The molecule has 1 unspecified atom stereocenters. The number of esters is 7. The molecule has 5 aliphatic rings. The van der Waals surface area contributed by atoms with Crippen molar-refractivity contribution in [3.8, 4) is 0 Å². The minimum Gasteiger partial charge on any atom is -0.469 e. The van der Waals surface area contributed by atoms with Crippen LogP contribution in [0.2, 0.25) is 0 Å². The molecule has 1 saturated heterocycles. The van der Waals surface area contributed by atoms with Gasteiger partial charge in [-0.05, 0) is 63.7 Å². The number of aliphatic imine (C=N–C) groups is 3. The summed E-state index contributed by atoms with van der Waals surface area (Å²) < 4.78 is 36.8. The van der Waals surface area contributed by atoms with Crippen molar-refractivity contribution in [2.24, 2.45) is 60.3 Å². The van der Waals surface area contributed by atoms with Gasteiger partial charge >= 0.3 is 41.8 Å². The molecule has 8 bridgehead atoms. The van der Waals surface area contributed by atoms with Gasteiger partial charge in [-0.1, -0.05) is 34.6 Å². The van der Waals surface area contributed by atoms with Crippen molar-refractivity contribution >= 4 is 58.9 Å². The van der Waals surface area contributed by atoms with E-state index in [1.165, 1.54) is 49.8 Å². The molecule has 1 fully saturated rings. The minimum absolute atomic E-state index is 0.0103. The smallest absolute Gasteiger partial charge is 0.306 e. The van der Waals surface area contributed by atoms with E-state index in [1.54, 1.807) is 0 Å². The summed E-state index contributed by atoms with van der Waals surface area (Å²) in [6.07, 6.45) is 2.42. The standard InChI is InChI=1S/C52H74N4O14/c1-28-43-31(17-20-37(58)65-10)48(3,4)35(54-43)25-34-30(16-19-36(57)64-9)50(6,26-41(62)69-14)46(53-34)29(2)44-32(18-21-38(59)66-11)51(7,27-42(63)70-15)52(8,56-44)47-33(24-40(61)68-13)49(5,45(28)55-47)23-22-39(60)67-12/h25,30-33,47,53H,16-24,26-27H2,1-15H3/b34-25?,43-28?,46-29-/t30-,31-,32-,33+,47?,49-,50+,51+,52+/m1/s1. The summed E-state index contributed by atoms with van der Waals surface area (Å²) in [5.74, 6) is -5.67. The number of methoxy groups -OCH3 is 7. The molecule has 0 spiro atoms. The number of nitrogens with zero attached hydrogens (tertiary/aromatic N) is 3. The van der Waals surface area contributed by atoms with E-state index >= 15 is 0 Å². The summed E-state index contributed by atoms with van der Waals surface area (Å²) in [6, 6.07) is -0.888.